The Bertz CT molecular complexity index is 1830. The van der Waals surface area contributed by atoms with Gasteiger partial charge in [-0.15, -0.1) is 10.9 Å². The third kappa shape index (κ3) is 10.2. The maximum absolute atomic E-state index is 14.3. The third-order valence-electron chi connectivity index (χ3n) is 10.3. The minimum Gasteiger partial charge on any atom is -0.491 e. The van der Waals surface area contributed by atoms with Crippen molar-refractivity contribution in [3.05, 3.63) is 107 Å². The van der Waals surface area contributed by atoms with Gasteiger partial charge in [0, 0.05) is 37.2 Å². The van der Waals surface area contributed by atoms with Crippen LogP contribution < -0.4 is 14.4 Å². The normalized spacial score (nSPS) is 20.2. The molecular formula is C41H52ClN3O6S. The molecule has 3 aromatic carbocycles. The molecule has 2 aliphatic rings. The molecule has 1 heterocycles. The molecule has 1 unspecified atom stereocenters. The minimum absolute atomic E-state index is 0.0361. The summed E-state index contributed by atoms with van der Waals surface area (Å²) in [6, 6.07) is 20.3. The van der Waals surface area contributed by atoms with Crippen molar-refractivity contribution in [2.45, 2.75) is 77.5 Å². The van der Waals surface area contributed by atoms with Crippen LogP contribution in [0.3, 0.4) is 0 Å². The SMILES string of the molecule is C=C[C@H](OC)[C@@H]1CC[C@H]1CN1Cc2ccc(Cl)cc2CCCCOc2ccc(C(=O)N=S(=O)(C[C@@H](C)CC)NC(=O)[C@@H](O)Cc3ccccc3)cc21. The van der Waals surface area contributed by atoms with Crippen LogP contribution >= 0.6 is 11.6 Å². The number of methoxy groups -OCH3 is 1. The number of nitrogens with zero attached hydrogens (tertiary/aromatic N) is 2. The molecule has 11 heteroatoms. The minimum atomic E-state index is -3.59. The largest absolute Gasteiger partial charge is 0.491 e. The molecule has 3 aromatic rings. The smallest absolute Gasteiger partial charge is 0.286 e. The highest BCUT2D eigenvalue weighted by atomic mass is 35.5. The summed E-state index contributed by atoms with van der Waals surface area (Å²) in [6.45, 7) is 9.58. The molecule has 2 N–H and O–H groups in total. The van der Waals surface area contributed by atoms with E-state index >= 15 is 0 Å². The number of halogens is 1. The van der Waals surface area contributed by atoms with E-state index < -0.39 is 27.8 Å². The molecule has 1 fully saturated rings. The zero-order valence-corrected chi connectivity index (χ0v) is 32.0. The van der Waals surface area contributed by atoms with Crippen LogP contribution in [0.1, 0.15) is 73.0 Å². The molecule has 52 heavy (non-hydrogen) atoms. The topological polar surface area (TPSA) is 118 Å². The second-order valence-electron chi connectivity index (χ2n) is 14.1. The van der Waals surface area contributed by atoms with Crippen molar-refractivity contribution in [2.75, 3.05) is 30.9 Å². The number of aliphatic hydroxyl groups is 1. The first-order valence-electron chi connectivity index (χ1n) is 18.3. The number of carbonyl (C=O) groups is 2. The monoisotopic (exact) mass is 749 g/mol. The van der Waals surface area contributed by atoms with E-state index in [-0.39, 0.29) is 29.8 Å². The lowest BCUT2D eigenvalue weighted by molar-refractivity contribution is -0.127. The summed E-state index contributed by atoms with van der Waals surface area (Å²) >= 11 is 6.46. The molecule has 6 atom stereocenters. The highest BCUT2D eigenvalue weighted by Crippen LogP contribution is 2.42. The van der Waals surface area contributed by atoms with Gasteiger partial charge in [-0.2, -0.15) is 0 Å². The van der Waals surface area contributed by atoms with E-state index in [2.05, 4.69) is 26.6 Å². The quantitative estimate of drug-likeness (QED) is 0.173. The fourth-order valence-electron chi connectivity index (χ4n) is 6.98. The van der Waals surface area contributed by atoms with Crippen LogP contribution in [0.5, 0.6) is 5.75 Å². The zero-order valence-electron chi connectivity index (χ0n) is 30.5. The van der Waals surface area contributed by atoms with Gasteiger partial charge in [0.05, 0.1) is 24.2 Å². The fourth-order valence-corrected chi connectivity index (χ4v) is 9.21. The van der Waals surface area contributed by atoms with Crippen molar-refractivity contribution in [3.8, 4) is 5.75 Å². The molecule has 1 saturated carbocycles. The van der Waals surface area contributed by atoms with Crippen LogP contribution in [0.4, 0.5) is 5.69 Å². The fraction of sp³-hybridized carbons (Fsp3) is 0.463. The molecular weight excluding hydrogens is 698 g/mol. The van der Waals surface area contributed by atoms with Gasteiger partial charge in [0.2, 0.25) is 0 Å². The van der Waals surface area contributed by atoms with Gasteiger partial charge in [-0.3, -0.25) is 14.3 Å². The lowest BCUT2D eigenvalue weighted by Crippen LogP contribution is -2.43. The molecule has 0 spiro atoms. The van der Waals surface area contributed by atoms with Gasteiger partial charge in [0.15, 0.2) is 0 Å². The summed E-state index contributed by atoms with van der Waals surface area (Å²) in [7, 11) is -1.88. The van der Waals surface area contributed by atoms with Gasteiger partial charge in [-0.1, -0.05) is 74.3 Å². The van der Waals surface area contributed by atoms with Gasteiger partial charge < -0.3 is 19.5 Å². The Kier molecular flexibility index (Phi) is 14.0. The molecule has 0 saturated heterocycles. The second-order valence-corrected chi connectivity index (χ2v) is 16.5. The van der Waals surface area contributed by atoms with E-state index in [0.29, 0.717) is 48.7 Å². The molecule has 9 nitrogen and oxygen atoms in total. The summed E-state index contributed by atoms with van der Waals surface area (Å²) < 4.78 is 33.1. The number of fused-ring (bicyclic) bond motifs is 2. The Morgan fingerprint density at radius 3 is 2.62 bits per heavy atom. The second kappa shape index (κ2) is 18.4. The molecule has 280 valence electrons. The number of ether oxygens (including phenoxy) is 2. The molecule has 0 radical (unpaired) electrons. The predicted octanol–water partition coefficient (Wildman–Crippen LogP) is 7.58. The Labute approximate surface area is 314 Å². The summed E-state index contributed by atoms with van der Waals surface area (Å²) in [6.07, 6.45) is 5.76. The predicted molar refractivity (Wildman–Crippen MR) is 208 cm³/mol. The number of aliphatic hydroxyl groups excluding tert-OH is 1. The lowest BCUT2D eigenvalue weighted by atomic mass is 9.70. The third-order valence-corrected chi connectivity index (χ3v) is 12.5. The number of hydrogen-bond acceptors (Lipinski definition) is 7. The summed E-state index contributed by atoms with van der Waals surface area (Å²) in [5, 5.41) is 11.4. The summed E-state index contributed by atoms with van der Waals surface area (Å²) in [5.74, 6) is -0.434. The van der Waals surface area contributed by atoms with Crippen molar-refractivity contribution in [1.82, 2.24) is 4.72 Å². The standard InChI is InChI=1S/C41H52ClN3O6S/c1-5-28(3)27-52(49,44-41(48)37(46)22-29-12-8-7-9-13-29)43-40(47)31-17-20-39-36(24-31)45(26-33-16-19-35(33)38(6-2)50-4)25-32-15-18-34(42)23-30(32)14-10-11-21-51-39/h6-9,12-13,15,17-18,20,23-24,28,33,35,37-38,46H,2,5,10-11,14,16,19,21-22,25-27H2,1,3-4H3,(H,43,44,47,48,49)/t28-,33-,35+,37-,38-,52?/m0/s1. The van der Waals surface area contributed by atoms with E-state index in [4.69, 9.17) is 21.1 Å². The molecule has 2 amide bonds. The number of carbonyl (C=O) groups excluding carboxylic acids is 2. The maximum Gasteiger partial charge on any atom is 0.286 e. The Balaban J connectivity index is 1.51. The van der Waals surface area contributed by atoms with Gasteiger partial charge in [0.25, 0.3) is 11.8 Å². The van der Waals surface area contributed by atoms with E-state index in [9.17, 15) is 18.9 Å². The van der Waals surface area contributed by atoms with Crippen molar-refractivity contribution >= 4 is 39.0 Å². The highest BCUT2D eigenvalue weighted by Gasteiger charge is 2.37. The summed E-state index contributed by atoms with van der Waals surface area (Å²) in [5.41, 5.74) is 4.04. The number of hydrogen-bond donors (Lipinski definition) is 2. The van der Waals surface area contributed by atoms with Gasteiger partial charge in [-0.25, -0.2) is 4.21 Å². The maximum atomic E-state index is 14.3. The van der Waals surface area contributed by atoms with Gasteiger partial charge in [-0.05, 0) is 96.9 Å². The molecule has 0 aromatic heterocycles. The van der Waals surface area contributed by atoms with E-state index in [1.807, 2.05) is 50.3 Å². The number of amides is 2. The number of nitrogens with one attached hydrogen (secondary N) is 1. The van der Waals surface area contributed by atoms with Crippen LogP contribution in [-0.4, -0.2) is 59.4 Å². The summed E-state index contributed by atoms with van der Waals surface area (Å²) in [4.78, 5) is 29.4. The van der Waals surface area contributed by atoms with Gasteiger partial charge in [0.1, 0.15) is 21.8 Å². The Morgan fingerprint density at radius 1 is 1.13 bits per heavy atom. The van der Waals surface area contributed by atoms with Crippen LogP contribution in [0, 0.1) is 17.8 Å². The zero-order chi connectivity index (χ0) is 37.3. The van der Waals surface area contributed by atoms with Crippen LogP contribution in [0.25, 0.3) is 0 Å². The lowest BCUT2D eigenvalue weighted by Gasteiger charge is -2.43. The number of aryl methyl sites for hydroxylation is 1. The van der Waals surface area contributed by atoms with Crippen molar-refractivity contribution in [3.63, 3.8) is 0 Å². The van der Waals surface area contributed by atoms with Crippen molar-refractivity contribution < 1.29 is 28.4 Å². The first-order valence-corrected chi connectivity index (χ1v) is 20.4. The Morgan fingerprint density at radius 2 is 1.92 bits per heavy atom. The van der Waals surface area contributed by atoms with Crippen LogP contribution in [0.2, 0.25) is 5.02 Å². The number of rotatable bonds is 13. The first-order chi connectivity index (χ1) is 25.0. The first kappa shape index (κ1) is 39.5. The van der Waals surface area contributed by atoms with Crippen molar-refractivity contribution in [1.29, 1.82) is 0 Å². The molecule has 0 bridgehead atoms. The number of benzene rings is 3. The molecule has 1 aliphatic carbocycles. The average molecular weight is 750 g/mol. The van der Waals surface area contributed by atoms with E-state index in [0.717, 1.165) is 48.9 Å². The van der Waals surface area contributed by atoms with Crippen LogP contribution in [0.15, 0.2) is 83.7 Å². The molecule has 5 rings (SSSR count). The van der Waals surface area contributed by atoms with Crippen molar-refractivity contribution in [2.24, 2.45) is 22.1 Å². The highest BCUT2D eigenvalue weighted by molar-refractivity contribution is 7.92. The number of anilines is 1. The van der Waals surface area contributed by atoms with E-state index in [1.54, 1.807) is 37.4 Å². The average Bonchev–Trinajstić information content (AvgIpc) is 3.15. The Hall–Kier alpha value is -3.70. The van der Waals surface area contributed by atoms with Crippen LogP contribution in [-0.2, 0) is 38.8 Å². The molecule has 1 aliphatic heterocycles. The van der Waals surface area contributed by atoms with E-state index in [1.165, 1.54) is 5.56 Å². The van der Waals surface area contributed by atoms with Gasteiger partial charge >= 0.3 is 0 Å².